The molecule has 0 aliphatic rings. The fraction of sp³-hybridized carbons (Fsp3) is 0. The number of nitrogens with zero attached hydrogens (tertiary/aromatic N) is 2. The van der Waals surface area contributed by atoms with Gasteiger partial charge < -0.3 is 0 Å². The summed E-state index contributed by atoms with van der Waals surface area (Å²) < 4.78 is 0. The fourth-order valence-electron chi connectivity index (χ4n) is 4.71. The van der Waals surface area contributed by atoms with Gasteiger partial charge in [0.25, 0.3) is 0 Å². The van der Waals surface area contributed by atoms with Crippen molar-refractivity contribution in [3.63, 3.8) is 0 Å². The summed E-state index contributed by atoms with van der Waals surface area (Å²) in [7, 11) is 0. The lowest BCUT2D eigenvalue weighted by atomic mass is 9.95. The van der Waals surface area contributed by atoms with E-state index in [0.29, 0.717) is 0 Å². The molecule has 0 spiro atoms. The number of aromatic nitrogens is 2. The predicted molar refractivity (Wildman–Crippen MR) is 152 cm³/mol. The third-order valence-electron chi connectivity index (χ3n) is 6.41. The monoisotopic (exact) mass is 460 g/mol. The zero-order chi connectivity index (χ0) is 24.2. The van der Waals surface area contributed by atoms with Crippen LogP contribution in [0.4, 0.5) is 0 Å². The normalized spacial score (nSPS) is 10.8. The van der Waals surface area contributed by atoms with Crippen LogP contribution in [0.25, 0.3) is 55.0 Å². The second-order valence-corrected chi connectivity index (χ2v) is 8.63. The van der Waals surface area contributed by atoms with Crippen molar-refractivity contribution in [2.75, 3.05) is 0 Å². The fourth-order valence-corrected chi connectivity index (χ4v) is 4.71. The van der Waals surface area contributed by atoms with Crippen molar-refractivity contribution >= 4 is 32.3 Å². The highest BCUT2D eigenvalue weighted by molar-refractivity contribution is 6.25. The Morgan fingerprint density at radius 1 is 0.333 bits per heavy atom. The molecule has 7 aromatic rings. The molecule has 0 radical (unpaired) electrons. The summed E-state index contributed by atoms with van der Waals surface area (Å²) >= 11 is 0. The van der Waals surface area contributed by atoms with Gasteiger partial charge in [0, 0.05) is 17.3 Å². The number of fused-ring (bicyclic) bond motifs is 6. The Morgan fingerprint density at radius 2 is 0.694 bits per heavy atom. The lowest BCUT2D eigenvalue weighted by molar-refractivity contribution is 1.18. The standard InChI is InChI=1S/C18H12.C16H12N2/c1-2-8-14-13(7-1)15-9-3-4-11-17(15)18-12-6-5-10-16(14)18;1-3-7-13(8-4-1)15-11-12-17-16(18-15)14-9-5-2-6-10-14/h2*1-12H. The Kier molecular flexibility index (Phi) is 5.91. The van der Waals surface area contributed by atoms with Gasteiger partial charge in [-0.05, 0) is 38.4 Å². The second-order valence-electron chi connectivity index (χ2n) is 8.63. The predicted octanol–water partition coefficient (Wildman–Crippen LogP) is 8.96. The molecule has 0 amide bonds. The average Bonchev–Trinajstić information content (AvgIpc) is 2.99. The van der Waals surface area contributed by atoms with Crippen LogP contribution in [0.3, 0.4) is 0 Å². The zero-order valence-electron chi connectivity index (χ0n) is 19.8. The molecular formula is C34H24N2. The molecule has 36 heavy (non-hydrogen) atoms. The van der Waals surface area contributed by atoms with E-state index in [-0.39, 0.29) is 0 Å². The van der Waals surface area contributed by atoms with E-state index in [4.69, 9.17) is 0 Å². The van der Waals surface area contributed by atoms with E-state index < -0.39 is 0 Å². The van der Waals surface area contributed by atoms with E-state index in [1.807, 2.05) is 54.6 Å². The van der Waals surface area contributed by atoms with Crippen LogP contribution in [0.15, 0.2) is 146 Å². The van der Waals surface area contributed by atoms with E-state index >= 15 is 0 Å². The Labute approximate surface area is 210 Å². The van der Waals surface area contributed by atoms with Crippen LogP contribution in [0.1, 0.15) is 0 Å². The Balaban J connectivity index is 0.000000133. The van der Waals surface area contributed by atoms with Crippen molar-refractivity contribution < 1.29 is 0 Å². The molecule has 0 aliphatic carbocycles. The number of hydrogen-bond acceptors (Lipinski definition) is 2. The third-order valence-corrected chi connectivity index (χ3v) is 6.41. The second kappa shape index (κ2) is 9.81. The maximum atomic E-state index is 4.60. The highest BCUT2D eigenvalue weighted by Gasteiger charge is 2.06. The Morgan fingerprint density at radius 3 is 1.11 bits per heavy atom. The Bertz CT molecular complexity index is 1500. The lowest BCUT2D eigenvalue weighted by Crippen LogP contribution is -1.90. The van der Waals surface area contributed by atoms with Gasteiger partial charge in [-0.2, -0.15) is 0 Å². The van der Waals surface area contributed by atoms with Gasteiger partial charge in [0.15, 0.2) is 5.82 Å². The topological polar surface area (TPSA) is 25.8 Å². The molecule has 0 bridgehead atoms. The van der Waals surface area contributed by atoms with Crippen LogP contribution in [-0.2, 0) is 0 Å². The molecule has 0 N–H and O–H groups in total. The van der Waals surface area contributed by atoms with Gasteiger partial charge in [-0.15, -0.1) is 0 Å². The van der Waals surface area contributed by atoms with Gasteiger partial charge in [-0.1, -0.05) is 133 Å². The van der Waals surface area contributed by atoms with Crippen LogP contribution >= 0.6 is 0 Å². The molecule has 0 unspecified atom stereocenters. The molecule has 7 rings (SSSR count). The van der Waals surface area contributed by atoms with Crippen molar-refractivity contribution in [1.82, 2.24) is 9.97 Å². The number of hydrogen-bond donors (Lipinski definition) is 0. The quantitative estimate of drug-likeness (QED) is 0.241. The molecule has 0 atom stereocenters. The third kappa shape index (κ3) is 4.21. The maximum absolute atomic E-state index is 4.60. The van der Waals surface area contributed by atoms with E-state index in [0.717, 1.165) is 22.6 Å². The van der Waals surface area contributed by atoms with Crippen LogP contribution in [0.2, 0.25) is 0 Å². The van der Waals surface area contributed by atoms with E-state index in [1.165, 1.54) is 32.3 Å². The largest absolute Gasteiger partial charge is 0.237 e. The summed E-state index contributed by atoms with van der Waals surface area (Å²) in [5, 5.41) is 8.04. The SMILES string of the molecule is c1ccc(-c2ccnc(-c3ccccc3)n2)cc1.c1ccc2c(c1)c1ccccc1c1ccccc21. The minimum atomic E-state index is 0.761. The average molecular weight is 461 g/mol. The van der Waals surface area contributed by atoms with Gasteiger partial charge in [-0.25, -0.2) is 9.97 Å². The maximum Gasteiger partial charge on any atom is 0.159 e. The van der Waals surface area contributed by atoms with Crippen molar-refractivity contribution in [2.45, 2.75) is 0 Å². The summed E-state index contributed by atoms with van der Waals surface area (Å²) in [6.45, 7) is 0. The summed E-state index contributed by atoms with van der Waals surface area (Å²) in [6.07, 6.45) is 1.80. The van der Waals surface area contributed by atoms with Crippen LogP contribution in [-0.4, -0.2) is 9.97 Å². The first-order chi connectivity index (χ1) is 17.9. The minimum absolute atomic E-state index is 0.761. The van der Waals surface area contributed by atoms with Crippen LogP contribution < -0.4 is 0 Å². The van der Waals surface area contributed by atoms with E-state index in [1.54, 1.807) is 6.20 Å². The lowest BCUT2D eigenvalue weighted by Gasteiger charge is -2.09. The molecule has 2 heteroatoms. The molecule has 2 nitrogen and oxygen atoms in total. The van der Waals surface area contributed by atoms with Gasteiger partial charge in [0.05, 0.1) is 5.69 Å². The minimum Gasteiger partial charge on any atom is -0.237 e. The molecular weight excluding hydrogens is 436 g/mol. The van der Waals surface area contributed by atoms with Gasteiger partial charge in [-0.3, -0.25) is 0 Å². The molecule has 0 saturated carbocycles. The van der Waals surface area contributed by atoms with Gasteiger partial charge in [0.2, 0.25) is 0 Å². The van der Waals surface area contributed by atoms with Crippen molar-refractivity contribution in [1.29, 1.82) is 0 Å². The molecule has 1 heterocycles. The first-order valence-corrected chi connectivity index (χ1v) is 12.1. The smallest absolute Gasteiger partial charge is 0.159 e. The first kappa shape index (κ1) is 21.7. The Hall–Kier alpha value is -4.82. The van der Waals surface area contributed by atoms with Gasteiger partial charge >= 0.3 is 0 Å². The molecule has 170 valence electrons. The summed E-state index contributed by atoms with van der Waals surface area (Å²) in [5.41, 5.74) is 3.09. The molecule has 1 aromatic heterocycles. The zero-order valence-corrected chi connectivity index (χ0v) is 19.8. The highest BCUT2D eigenvalue weighted by atomic mass is 14.9. The summed E-state index contributed by atoms with van der Waals surface area (Å²) in [6, 6.07) is 48.0. The highest BCUT2D eigenvalue weighted by Crippen LogP contribution is 2.34. The number of rotatable bonds is 2. The number of benzene rings is 6. The van der Waals surface area contributed by atoms with Crippen LogP contribution in [0, 0.1) is 0 Å². The van der Waals surface area contributed by atoms with Crippen molar-refractivity contribution in [3.05, 3.63) is 146 Å². The molecule has 0 fully saturated rings. The van der Waals surface area contributed by atoms with Crippen molar-refractivity contribution in [2.24, 2.45) is 0 Å². The van der Waals surface area contributed by atoms with E-state index in [9.17, 15) is 0 Å². The van der Waals surface area contributed by atoms with Crippen LogP contribution in [0.5, 0.6) is 0 Å². The molecule has 6 aromatic carbocycles. The van der Waals surface area contributed by atoms with Crippen molar-refractivity contribution in [3.8, 4) is 22.6 Å². The van der Waals surface area contributed by atoms with E-state index in [2.05, 4.69) is 94.9 Å². The first-order valence-electron chi connectivity index (χ1n) is 12.1. The summed E-state index contributed by atoms with van der Waals surface area (Å²) in [4.78, 5) is 8.93. The molecule has 0 aliphatic heterocycles. The van der Waals surface area contributed by atoms with Gasteiger partial charge in [0.1, 0.15) is 0 Å². The molecule has 0 saturated heterocycles. The summed E-state index contributed by atoms with van der Waals surface area (Å²) in [5.74, 6) is 0.761.